The Bertz CT molecular complexity index is 690. The summed E-state index contributed by atoms with van der Waals surface area (Å²) < 4.78 is 29.4. The minimum absolute atomic E-state index is 0.104. The van der Waals surface area contributed by atoms with Crippen LogP contribution in [0.4, 0.5) is 0 Å². The molecule has 0 radical (unpaired) electrons. The van der Waals surface area contributed by atoms with Gasteiger partial charge in [0.15, 0.2) is 9.84 Å². The van der Waals surface area contributed by atoms with Gasteiger partial charge in [0.05, 0.1) is 11.0 Å². The normalized spacial score (nSPS) is 13.4. The molecule has 0 aliphatic heterocycles. The second kappa shape index (κ2) is 5.21. The predicted octanol–water partition coefficient (Wildman–Crippen LogP) is 3.42. The first-order chi connectivity index (χ1) is 8.93. The van der Waals surface area contributed by atoms with Crippen LogP contribution in [0.2, 0.25) is 0 Å². The van der Waals surface area contributed by atoms with E-state index in [1.807, 2.05) is 31.2 Å². The van der Waals surface area contributed by atoms with Crippen LogP contribution in [-0.2, 0) is 9.84 Å². The first-order valence-electron chi connectivity index (χ1n) is 6.32. The Labute approximate surface area is 114 Å². The van der Waals surface area contributed by atoms with E-state index in [0.717, 1.165) is 17.6 Å². The molecule has 0 aromatic heterocycles. The van der Waals surface area contributed by atoms with Crippen LogP contribution < -0.4 is 4.74 Å². The van der Waals surface area contributed by atoms with Gasteiger partial charge in [0.1, 0.15) is 5.75 Å². The maximum absolute atomic E-state index is 11.8. The number of ether oxygens (including phenoxy) is 1. The topological polar surface area (TPSA) is 43.4 Å². The summed E-state index contributed by atoms with van der Waals surface area (Å²) in [6.45, 7) is 4.05. The van der Waals surface area contributed by atoms with Crippen LogP contribution in [0.1, 0.15) is 20.3 Å². The van der Waals surface area contributed by atoms with E-state index in [-0.39, 0.29) is 6.10 Å². The molecule has 2 aromatic carbocycles. The molecule has 19 heavy (non-hydrogen) atoms. The molecule has 1 atom stereocenters. The fourth-order valence-corrected chi connectivity index (χ4v) is 2.86. The summed E-state index contributed by atoms with van der Waals surface area (Å²) in [6.07, 6.45) is 2.24. The average Bonchev–Trinajstić information content (AvgIpc) is 2.37. The molecular formula is C15H18O3S. The number of rotatable bonds is 4. The number of hydrogen-bond donors (Lipinski definition) is 0. The zero-order valence-corrected chi connectivity index (χ0v) is 12.2. The molecular weight excluding hydrogens is 260 g/mol. The molecule has 0 amide bonds. The molecule has 0 saturated carbocycles. The first kappa shape index (κ1) is 13.9. The molecule has 0 fully saturated rings. The minimum atomic E-state index is -3.24. The summed E-state index contributed by atoms with van der Waals surface area (Å²) in [5, 5.41) is 1.55. The van der Waals surface area contributed by atoms with E-state index in [1.54, 1.807) is 12.1 Å². The van der Waals surface area contributed by atoms with Crippen LogP contribution in [0.3, 0.4) is 0 Å². The van der Waals surface area contributed by atoms with Crippen LogP contribution in [0.5, 0.6) is 5.75 Å². The van der Waals surface area contributed by atoms with Crippen molar-refractivity contribution in [2.24, 2.45) is 0 Å². The van der Waals surface area contributed by atoms with Crippen molar-refractivity contribution < 1.29 is 13.2 Å². The van der Waals surface area contributed by atoms with Gasteiger partial charge in [0.2, 0.25) is 0 Å². The lowest BCUT2D eigenvalue weighted by atomic mass is 10.1. The molecule has 4 heteroatoms. The Hall–Kier alpha value is -1.55. The lowest BCUT2D eigenvalue weighted by Crippen LogP contribution is -2.10. The van der Waals surface area contributed by atoms with Crippen molar-refractivity contribution in [3.05, 3.63) is 36.4 Å². The molecule has 2 rings (SSSR count). The third-order valence-corrected chi connectivity index (χ3v) is 4.30. The Balaban J connectivity index is 2.65. The number of fused-ring (bicyclic) bond motifs is 1. The Morgan fingerprint density at radius 2 is 1.74 bits per heavy atom. The van der Waals surface area contributed by atoms with Gasteiger partial charge in [-0.25, -0.2) is 8.42 Å². The minimum Gasteiger partial charge on any atom is -0.490 e. The zero-order chi connectivity index (χ0) is 14.0. The Morgan fingerprint density at radius 1 is 1.11 bits per heavy atom. The highest BCUT2D eigenvalue weighted by atomic mass is 32.2. The maximum atomic E-state index is 11.8. The highest BCUT2D eigenvalue weighted by Gasteiger charge is 2.15. The highest BCUT2D eigenvalue weighted by Crippen LogP contribution is 2.31. The monoisotopic (exact) mass is 278 g/mol. The van der Waals surface area contributed by atoms with E-state index in [2.05, 4.69) is 6.92 Å². The van der Waals surface area contributed by atoms with Gasteiger partial charge in [-0.2, -0.15) is 0 Å². The molecule has 2 aromatic rings. The summed E-state index contributed by atoms with van der Waals surface area (Å²) in [5.41, 5.74) is 0. The zero-order valence-electron chi connectivity index (χ0n) is 11.4. The summed E-state index contributed by atoms with van der Waals surface area (Å²) in [4.78, 5) is 0.347. The van der Waals surface area contributed by atoms with Crippen molar-refractivity contribution in [1.82, 2.24) is 0 Å². The summed E-state index contributed by atoms with van der Waals surface area (Å²) >= 11 is 0. The largest absolute Gasteiger partial charge is 0.490 e. The van der Waals surface area contributed by atoms with Crippen LogP contribution in [0.25, 0.3) is 10.8 Å². The SMILES string of the molecule is CCC(C)Oc1ccc(S(C)(=O)=O)c2ccccc12. The van der Waals surface area contributed by atoms with E-state index >= 15 is 0 Å². The van der Waals surface area contributed by atoms with Crippen LogP contribution >= 0.6 is 0 Å². The molecule has 0 heterocycles. The third kappa shape index (κ3) is 2.89. The lowest BCUT2D eigenvalue weighted by molar-refractivity contribution is 0.220. The van der Waals surface area contributed by atoms with Crippen molar-refractivity contribution >= 4 is 20.6 Å². The molecule has 0 aliphatic carbocycles. The van der Waals surface area contributed by atoms with Crippen molar-refractivity contribution in [1.29, 1.82) is 0 Å². The highest BCUT2D eigenvalue weighted by molar-refractivity contribution is 7.91. The summed E-state index contributed by atoms with van der Waals surface area (Å²) in [6, 6.07) is 10.8. The van der Waals surface area contributed by atoms with E-state index in [1.165, 1.54) is 6.26 Å². The van der Waals surface area contributed by atoms with E-state index in [0.29, 0.717) is 10.3 Å². The number of sulfone groups is 1. The Kier molecular flexibility index (Phi) is 3.80. The fraction of sp³-hybridized carbons (Fsp3) is 0.333. The lowest BCUT2D eigenvalue weighted by Gasteiger charge is -2.16. The summed E-state index contributed by atoms with van der Waals surface area (Å²) in [5.74, 6) is 0.734. The second-order valence-electron chi connectivity index (χ2n) is 4.72. The predicted molar refractivity (Wildman–Crippen MR) is 77.4 cm³/mol. The molecule has 1 unspecified atom stereocenters. The van der Waals surface area contributed by atoms with Crippen LogP contribution in [0.15, 0.2) is 41.3 Å². The van der Waals surface area contributed by atoms with Gasteiger partial charge < -0.3 is 4.74 Å². The van der Waals surface area contributed by atoms with Gasteiger partial charge in [-0.3, -0.25) is 0 Å². The molecule has 0 bridgehead atoms. The van der Waals surface area contributed by atoms with E-state index in [9.17, 15) is 8.42 Å². The fourth-order valence-electron chi connectivity index (χ4n) is 1.97. The van der Waals surface area contributed by atoms with Gasteiger partial charge in [-0.05, 0) is 25.5 Å². The van der Waals surface area contributed by atoms with Gasteiger partial charge in [-0.15, -0.1) is 0 Å². The molecule has 0 spiro atoms. The van der Waals surface area contributed by atoms with E-state index < -0.39 is 9.84 Å². The quantitative estimate of drug-likeness (QED) is 0.860. The van der Waals surface area contributed by atoms with Crippen LogP contribution in [-0.4, -0.2) is 20.8 Å². The average molecular weight is 278 g/mol. The summed E-state index contributed by atoms with van der Waals surface area (Å²) in [7, 11) is -3.24. The van der Waals surface area contributed by atoms with Gasteiger partial charge in [0.25, 0.3) is 0 Å². The second-order valence-corrected chi connectivity index (χ2v) is 6.70. The van der Waals surface area contributed by atoms with Crippen molar-refractivity contribution in [3.63, 3.8) is 0 Å². The van der Waals surface area contributed by atoms with Crippen molar-refractivity contribution in [2.75, 3.05) is 6.26 Å². The molecule has 0 saturated heterocycles. The Morgan fingerprint density at radius 3 is 2.32 bits per heavy atom. The molecule has 3 nitrogen and oxygen atoms in total. The van der Waals surface area contributed by atoms with Crippen molar-refractivity contribution in [2.45, 2.75) is 31.3 Å². The standard InChI is InChI=1S/C15H18O3S/c1-4-11(2)18-14-9-10-15(19(3,16)17)13-8-6-5-7-12(13)14/h5-11H,4H2,1-3H3. The molecule has 0 aliphatic rings. The van der Waals surface area contributed by atoms with Gasteiger partial charge >= 0.3 is 0 Å². The van der Waals surface area contributed by atoms with Crippen molar-refractivity contribution in [3.8, 4) is 5.75 Å². The van der Waals surface area contributed by atoms with E-state index in [4.69, 9.17) is 4.74 Å². The molecule has 102 valence electrons. The van der Waals surface area contributed by atoms with Crippen LogP contribution in [0, 0.1) is 0 Å². The maximum Gasteiger partial charge on any atom is 0.176 e. The van der Waals surface area contributed by atoms with Gasteiger partial charge in [-0.1, -0.05) is 31.2 Å². The molecule has 0 N–H and O–H groups in total. The first-order valence-corrected chi connectivity index (χ1v) is 8.21. The third-order valence-electron chi connectivity index (χ3n) is 3.15. The number of hydrogen-bond acceptors (Lipinski definition) is 3. The van der Waals surface area contributed by atoms with Gasteiger partial charge in [0, 0.05) is 17.0 Å². The smallest absolute Gasteiger partial charge is 0.176 e. The number of benzene rings is 2.